The third-order valence-corrected chi connectivity index (χ3v) is 4.57. The molecule has 1 amide bonds. The number of benzene rings is 2. The number of nitrogens with one attached hydrogen (secondary N) is 1. The number of nitro benzene ring substituents is 1. The van der Waals surface area contributed by atoms with Crippen LogP contribution in [0.15, 0.2) is 71.8 Å². The lowest BCUT2D eigenvalue weighted by molar-refractivity contribution is -0.385. The molecule has 0 spiro atoms. The highest BCUT2D eigenvalue weighted by molar-refractivity contribution is 6.01. The summed E-state index contributed by atoms with van der Waals surface area (Å²) < 4.78 is 5.98. The number of carbonyl (C=O) groups is 1. The lowest BCUT2D eigenvalue weighted by atomic mass is 10.1. The van der Waals surface area contributed by atoms with Crippen LogP contribution in [0.5, 0.6) is 5.75 Å². The number of carbonyl (C=O) groups excluding carboxylic acids is 1. The molecule has 2 aromatic heterocycles. The van der Waals surface area contributed by atoms with Crippen molar-refractivity contribution >= 4 is 22.5 Å². The summed E-state index contributed by atoms with van der Waals surface area (Å²) in [5, 5.41) is 11.6. The highest BCUT2D eigenvalue weighted by atomic mass is 16.6. The number of pyridine rings is 1. The molecule has 0 bridgehead atoms. The molecule has 10 heteroatoms. The molecule has 0 saturated carbocycles. The van der Waals surface area contributed by atoms with E-state index in [0.29, 0.717) is 16.5 Å². The molecule has 0 unspecified atom stereocenters. The Balaban J connectivity index is 1.84. The quantitative estimate of drug-likeness (QED) is 0.390. The van der Waals surface area contributed by atoms with Crippen LogP contribution in [0.2, 0.25) is 0 Å². The van der Waals surface area contributed by atoms with Gasteiger partial charge in [-0.2, -0.15) is 4.68 Å². The highest BCUT2D eigenvalue weighted by Crippen LogP contribution is 2.27. The number of rotatable bonds is 5. The highest BCUT2D eigenvalue weighted by Gasteiger charge is 2.20. The van der Waals surface area contributed by atoms with E-state index in [-0.39, 0.29) is 22.8 Å². The first-order valence-electron chi connectivity index (χ1n) is 9.05. The van der Waals surface area contributed by atoms with Crippen LogP contribution in [0.1, 0.15) is 10.4 Å². The van der Waals surface area contributed by atoms with Gasteiger partial charge in [0.15, 0.2) is 11.6 Å². The van der Waals surface area contributed by atoms with E-state index in [1.165, 1.54) is 31.6 Å². The SMILES string of the molecule is COc1ccc(C(=O)Nn2c(-c3ccncc3)nc3ccccc3c2=O)cc1[N+](=O)[O-]. The van der Waals surface area contributed by atoms with Crippen molar-refractivity contribution in [3.05, 3.63) is 93.0 Å². The Morgan fingerprint density at radius 3 is 2.58 bits per heavy atom. The van der Waals surface area contributed by atoms with E-state index in [1.54, 1.807) is 36.4 Å². The molecule has 0 saturated heterocycles. The summed E-state index contributed by atoms with van der Waals surface area (Å²) in [5.41, 5.74) is 2.65. The molecule has 31 heavy (non-hydrogen) atoms. The number of fused-ring (bicyclic) bond motifs is 1. The normalized spacial score (nSPS) is 10.6. The van der Waals surface area contributed by atoms with Gasteiger partial charge in [-0.25, -0.2) is 4.98 Å². The Kier molecular flexibility index (Phi) is 5.10. The maximum Gasteiger partial charge on any atom is 0.311 e. The summed E-state index contributed by atoms with van der Waals surface area (Å²) in [6, 6.07) is 13.8. The minimum absolute atomic E-state index is 0.0172. The maximum absolute atomic E-state index is 13.1. The first-order chi connectivity index (χ1) is 15.0. The molecule has 154 valence electrons. The number of hydrogen-bond acceptors (Lipinski definition) is 7. The second-order valence-corrected chi connectivity index (χ2v) is 6.41. The van der Waals surface area contributed by atoms with Crippen molar-refractivity contribution in [2.75, 3.05) is 12.5 Å². The monoisotopic (exact) mass is 417 g/mol. The van der Waals surface area contributed by atoms with Gasteiger partial charge in [-0.1, -0.05) is 12.1 Å². The zero-order valence-corrected chi connectivity index (χ0v) is 16.2. The smallest absolute Gasteiger partial charge is 0.311 e. The van der Waals surface area contributed by atoms with Gasteiger partial charge < -0.3 is 4.74 Å². The predicted octanol–water partition coefficient (Wildman–Crippen LogP) is 2.76. The fourth-order valence-electron chi connectivity index (χ4n) is 3.07. The molecular formula is C21H15N5O5. The fraction of sp³-hybridized carbons (Fsp3) is 0.0476. The Morgan fingerprint density at radius 2 is 1.87 bits per heavy atom. The molecule has 2 aromatic carbocycles. The van der Waals surface area contributed by atoms with E-state index < -0.39 is 16.4 Å². The average molecular weight is 417 g/mol. The molecule has 0 radical (unpaired) electrons. The van der Waals surface area contributed by atoms with E-state index in [9.17, 15) is 19.7 Å². The van der Waals surface area contributed by atoms with Crippen molar-refractivity contribution in [2.24, 2.45) is 0 Å². The van der Waals surface area contributed by atoms with Crippen molar-refractivity contribution in [1.82, 2.24) is 14.6 Å². The predicted molar refractivity (Wildman–Crippen MR) is 113 cm³/mol. The lowest BCUT2D eigenvalue weighted by Crippen LogP contribution is -2.35. The number of nitrogens with zero attached hydrogens (tertiary/aromatic N) is 4. The van der Waals surface area contributed by atoms with Gasteiger partial charge in [-0.15, -0.1) is 0 Å². The molecule has 0 aliphatic carbocycles. The Morgan fingerprint density at radius 1 is 1.13 bits per heavy atom. The number of hydrogen-bond donors (Lipinski definition) is 1. The van der Waals surface area contributed by atoms with Crippen molar-refractivity contribution in [3.8, 4) is 17.1 Å². The van der Waals surface area contributed by atoms with Crippen LogP contribution < -0.4 is 15.7 Å². The second kappa shape index (κ2) is 8.03. The topological polar surface area (TPSA) is 129 Å². The number of methoxy groups -OCH3 is 1. The van der Waals surface area contributed by atoms with Crippen molar-refractivity contribution in [1.29, 1.82) is 0 Å². The second-order valence-electron chi connectivity index (χ2n) is 6.41. The van der Waals surface area contributed by atoms with Crippen LogP contribution in [-0.4, -0.2) is 32.6 Å². The van der Waals surface area contributed by atoms with E-state index in [2.05, 4.69) is 15.4 Å². The van der Waals surface area contributed by atoms with Gasteiger partial charge in [0.1, 0.15) is 0 Å². The molecule has 10 nitrogen and oxygen atoms in total. The summed E-state index contributed by atoms with van der Waals surface area (Å²) in [6.45, 7) is 0. The first kappa shape index (κ1) is 19.7. The number of para-hydroxylation sites is 1. The van der Waals surface area contributed by atoms with Crippen LogP contribution in [0.25, 0.3) is 22.3 Å². The largest absolute Gasteiger partial charge is 0.490 e. The standard InChI is InChI=1S/C21H15N5O5/c1-31-18-7-6-14(12-17(18)26(29)30)20(27)24-25-19(13-8-10-22-11-9-13)23-16-5-3-2-4-15(16)21(25)28/h2-12H,1H3,(H,24,27). The van der Waals surface area contributed by atoms with Gasteiger partial charge in [-0.3, -0.25) is 30.1 Å². The van der Waals surface area contributed by atoms with E-state index >= 15 is 0 Å². The van der Waals surface area contributed by atoms with Gasteiger partial charge >= 0.3 is 5.69 Å². The molecule has 4 aromatic rings. The van der Waals surface area contributed by atoms with Crippen LogP contribution in [0, 0.1) is 10.1 Å². The molecule has 4 rings (SSSR count). The molecule has 0 atom stereocenters. The molecule has 1 N–H and O–H groups in total. The Bertz CT molecular complexity index is 1370. The van der Waals surface area contributed by atoms with E-state index in [4.69, 9.17) is 4.74 Å². The summed E-state index contributed by atoms with van der Waals surface area (Å²) in [5.74, 6) is -0.508. The van der Waals surface area contributed by atoms with Gasteiger partial charge in [0.2, 0.25) is 0 Å². The van der Waals surface area contributed by atoms with Crippen LogP contribution >= 0.6 is 0 Å². The summed E-state index contributed by atoms with van der Waals surface area (Å²) in [6.07, 6.45) is 3.07. The third kappa shape index (κ3) is 3.69. The third-order valence-electron chi connectivity index (χ3n) is 4.57. The Labute approximate surface area is 174 Å². The molecule has 0 fully saturated rings. The Hall–Kier alpha value is -4.60. The van der Waals surface area contributed by atoms with Gasteiger partial charge in [0.05, 0.1) is 22.9 Å². The zero-order chi connectivity index (χ0) is 22.0. The van der Waals surface area contributed by atoms with Crippen molar-refractivity contribution in [3.63, 3.8) is 0 Å². The lowest BCUT2D eigenvalue weighted by Gasteiger charge is -2.14. The number of ether oxygens (including phenoxy) is 1. The number of amides is 1. The van der Waals surface area contributed by atoms with Crippen LogP contribution in [0.4, 0.5) is 5.69 Å². The summed E-state index contributed by atoms with van der Waals surface area (Å²) in [4.78, 5) is 45.1. The average Bonchev–Trinajstić information content (AvgIpc) is 2.80. The van der Waals surface area contributed by atoms with Crippen molar-refractivity contribution in [2.45, 2.75) is 0 Å². The maximum atomic E-state index is 13.1. The van der Waals surface area contributed by atoms with Gasteiger partial charge in [0, 0.05) is 29.6 Å². The van der Waals surface area contributed by atoms with E-state index in [0.717, 1.165) is 10.7 Å². The first-order valence-corrected chi connectivity index (χ1v) is 9.05. The number of aromatic nitrogens is 3. The zero-order valence-electron chi connectivity index (χ0n) is 16.2. The minimum Gasteiger partial charge on any atom is -0.490 e. The van der Waals surface area contributed by atoms with Crippen LogP contribution in [-0.2, 0) is 0 Å². The van der Waals surface area contributed by atoms with Crippen molar-refractivity contribution < 1.29 is 14.5 Å². The summed E-state index contributed by atoms with van der Waals surface area (Å²) >= 11 is 0. The van der Waals surface area contributed by atoms with E-state index in [1.807, 2.05) is 0 Å². The minimum atomic E-state index is -0.722. The van der Waals surface area contributed by atoms with Gasteiger partial charge in [0.25, 0.3) is 11.5 Å². The molecular weight excluding hydrogens is 402 g/mol. The fourth-order valence-corrected chi connectivity index (χ4v) is 3.07. The van der Waals surface area contributed by atoms with Gasteiger partial charge in [-0.05, 0) is 36.4 Å². The molecule has 2 heterocycles. The summed E-state index contributed by atoms with van der Waals surface area (Å²) in [7, 11) is 1.30. The molecule has 0 aliphatic heterocycles. The molecule has 0 aliphatic rings. The number of nitro groups is 1. The van der Waals surface area contributed by atoms with Crippen LogP contribution in [0.3, 0.4) is 0 Å².